The normalized spacial score (nSPS) is 21.4. The predicted molar refractivity (Wildman–Crippen MR) is 88.2 cm³/mol. The smallest absolute Gasteiger partial charge is 0.243 e. The van der Waals surface area contributed by atoms with Gasteiger partial charge < -0.3 is 9.47 Å². The Bertz CT molecular complexity index is 680. The van der Waals surface area contributed by atoms with E-state index < -0.39 is 10.0 Å². The van der Waals surface area contributed by atoms with Crippen LogP contribution in [0.2, 0.25) is 0 Å². The van der Waals surface area contributed by atoms with Crippen LogP contribution < -0.4 is 4.74 Å². The van der Waals surface area contributed by atoms with E-state index in [9.17, 15) is 8.42 Å². The molecule has 0 amide bonds. The Morgan fingerprint density at radius 2 is 2.04 bits per heavy atom. The van der Waals surface area contributed by atoms with Crippen molar-refractivity contribution in [2.75, 3.05) is 19.8 Å². The third kappa shape index (κ3) is 2.99. The number of hydrogen-bond donors (Lipinski definition) is 0. The number of aryl methyl sites for hydroxylation is 1. The molecule has 1 saturated carbocycles. The molecule has 2 fully saturated rings. The maximum atomic E-state index is 13.1. The monoisotopic (exact) mass is 339 g/mol. The summed E-state index contributed by atoms with van der Waals surface area (Å²) in [7, 11) is -3.50. The Hall–Kier alpha value is -1.11. The molecule has 1 aliphatic heterocycles. The Labute approximate surface area is 138 Å². The summed E-state index contributed by atoms with van der Waals surface area (Å²) in [6.07, 6.45) is 2.91. The standard InChI is InChI=1S/C17H25NO4S/c1-13(2)22-16-6-5-15(11-14(16)3)23(19,20)18-9-10-21-12-17(18)7-4-8-17/h5-6,11,13H,4,7-10,12H2,1-3H3. The highest BCUT2D eigenvalue weighted by molar-refractivity contribution is 7.89. The fourth-order valence-corrected chi connectivity index (χ4v) is 5.25. The average molecular weight is 339 g/mol. The van der Waals surface area contributed by atoms with Crippen molar-refractivity contribution in [3.05, 3.63) is 23.8 Å². The summed E-state index contributed by atoms with van der Waals surface area (Å²) in [6.45, 7) is 7.21. The molecule has 6 heteroatoms. The molecular weight excluding hydrogens is 314 g/mol. The number of rotatable bonds is 4. The van der Waals surface area contributed by atoms with Crippen molar-refractivity contribution in [1.82, 2.24) is 4.31 Å². The molecule has 0 N–H and O–H groups in total. The number of benzene rings is 1. The Kier molecular flexibility index (Phi) is 4.42. The molecule has 0 unspecified atom stereocenters. The molecular formula is C17H25NO4S. The van der Waals surface area contributed by atoms with Gasteiger partial charge in [0.05, 0.1) is 29.8 Å². The van der Waals surface area contributed by atoms with Crippen LogP contribution >= 0.6 is 0 Å². The van der Waals surface area contributed by atoms with Crippen molar-refractivity contribution in [1.29, 1.82) is 0 Å². The van der Waals surface area contributed by atoms with E-state index in [-0.39, 0.29) is 11.6 Å². The van der Waals surface area contributed by atoms with Gasteiger partial charge in [-0.1, -0.05) is 0 Å². The summed E-state index contributed by atoms with van der Waals surface area (Å²) >= 11 is 0. The zero-order valence-corrected chi connectivity index (χ0v) is 14.9. The van der Waals surface area contributed by atoms with Gasteiger partial charge in [-0.15, -0.1) is 0 Å². The lowest BCUT2D eigenvalue weighted by atomic mass is 9.77. The van der Waals surface area contributed by atoms with Crippen LogP contribution in [0.15, 0.2) is 23.1 Å². The van der Waals surface area contributed by atoms with Crippen molar-refractivity contribution in [2.45, 2.75) is 56.6 Å². The van der Waals surface area contributed by atoms with Gasteiger partial charge in [-0.2, -0.15) is 4.31 Å². The highest BCUT2D eigenvalue weighted by Gasteiger charge is 2.50. The van der Waals surface area contributed by atoms with Gasteiger partial charge in [0, 0.05) is 6.54 Å². The molecule has 1 heterocycles. The first-order valence-electron chi connectivity index (χ1n) is 8.23. The molecule has 23 heavy (non-hydrogen) atoms. The van der Waals surface area contributed by atoms with Gasteiger partial charge in [0.2, 0.25) is 10.0 Å². The first-order valence-corrected chi connectivity index (χ1v) is 9.67. The maximum absolute atomic E-state index is 13.1. The molecule has 1 aromatic rings. The van der Waals surface area contributed by atoms with Crippen molar-refractivity contribution < 1.29 is 17.9 Å². The first-order chi connectivity index (χ1) is 10.8. The zero-order valence-electron chi connectivity index (χ0n) is 14.0. The van der Waals surface area contributed by atoms with Crippen LogP contribution in [0.5, 0.6) is 5.75 Å². The van der Waals surface area contributed by atoms with E-state index in [1.165, 1.54) is 0 Å². The summed E-state index contributed by atoms with van der Waals surface area (Å²) in [5.41, 5.74) is 0.522. The fourth-order valence-electron chi connectivity index (χ4n) is 3.37. The zero-order chi connectivity index (χ0) is 16.7. The van der Waals surface area contributed by atoms with Crippen LogP contribution in [0.1, 0.15) is 38.7 Å². The van der Waals surface area contributed by atoms with E-state index in [1.54, 1.807) is 22.5 Å². The summed E-state index contributed by atoms with van der Waals surface area (Å²) in [6, 6.07) is 5.13. The summed E-state index contributed by atoms with van der Waals surface area (Å²) in [5.74, 6) is 0.735. The fraction of sp³-hybridized carbons (Fsp3) is 0.647. The number of morpholine rings is 1. The second kappa shape index (κ2) is 6.07. The lowest BCUT2D eigenvalue weighted by Gasteiger charge is -2.51. The second-order valence-corrected chi connectivity index (χ2v) is 8.66. The van der Waals surface area contributed by atoms with Crippen LogP contribution in [0.3, 0.4) is 0 Å². The first kappa shape index (κ1) is 16.7. The maximum Gasteiger partial charge on any atom is 0.243 e. The van der Waals surface area contributed by atoms with Gasteiger partial charge >= 0.3 is 0 Å². The SMILES string of the molecule is Cc1cc(S(=O)(=O)N2CCOCC23CCC3)ccc1OC(C)C. The van der Waals surface area contributed by atoms with E-state index in [4.69, 9.17) is 9.47 Å². The molecule has 1 saturated heterocycles. The van der Waals surface area contributed by atoms with Crippen LogP contribution in [0, 0.1) is 6.92 Å². The third-order valence-corrected chi connectivity index (χ3v) is 6.72. The number of ether oxygens (including phenoxy) is 2. The summed E-state index contributed by atoms with van der Waals surface area (Å²) in [4.78, 5) is 0.347. The van der Waals surface area contributed by atoms with Crippen molar-refractivity contribution in [3.63, 3.8) is 0 Å². The minimum atomic E-state index is -3.50. The topological polar surface area (TPSA) is 55.8 Å². The van der Waals surface area contributed by atoms with Gasteiger partial charge in [0.1, 0.15) is 5.75 Å². The summed E-state index contributed by atoms with van der Waals surface area (Å²) < 4.78 is 39.1. The van der Waals surface area contributed by atoms with Crippen LogP contribution in [-0.2, 0) is 14.8 Å². The van der Waals surface area contributed by atoms with Gasteiger partial charge in [-0.25, -0.2) is 8.42 Å². The van der Waals surface area contributed by atoms with E-state index in [0.717, 1.165) is 30.6 Å². The molecule has 1 aromatic carbocycles. The Morgan fingerprint density at radius 3 is 2.61 bits per heavy atom. The second-order valence-electron chi connectivity index (χ2n) is 6.80. The van der Waals surface area contributed by atoms with E-state index >= 15 is 0 Å². The van der Waals surface area contributed by atoms with Crippen molar-refractivity contribution in [2.24, 2.45) is 0 Å². The van der Waals surface area contributed by atoms with Gasteiger partial charge in [-0.05, 0) is 63.8 Å². The van der Waals surface area contributed by atoms with Crippen LogP contribution in [0.25, 0.3) is 0 Å². The minimum Gasteiger partial charge on any atom is -0.491 e. The largest absolute Gasteiger partial charge is 0.491 e. The lowest BCUT2D eigenvalue weighted by molar-refractivity contribution is -0.0649. The van der Waals surface area contributed by atoms with Crippen molar-refractivity contribution >= 4 is 10.0 Å². The van der Waals surface area contributed by atoms with E-state index in [2.05, 4.69) is 0 Å². The molecule has 0 aromatic heterocycles. The molecule has 0 radical (unpaired) electrons. The van der Waals surface area contributed by atoms with Gasteiger partial charge in [0.25, 0.3) is 0 Å². The number of hydrogen-bond acceptors (Lipinski definition) is 4. The molecule has 128 valence electrons. The van der Waals surface area contributed by atoms with Gasteiger partial charge in [-0.3, -0.25) is 0 Å². The quantitative estimate of drug-likeness (QED) is 0.846. The molecule has 0 atom stereocenters. The van der Waals surface area contributed by atoms with Crippen molar-refractivity contribution in [3.8, 4) is 5.75 Å². The molecule has 1 aliphatic carbocycles. The predicted octanol–water partition coefficient (Wildman–Crippen LogP) is 2.73. The number of nitrogens with zero attached hydrogens (tertiary/aromatic N) is 1. The molecule has 0 bridgehead atoms. The van der Waals surface area contributed by atoms with E-state index in [0.29, 0.717) is 24.7 Å². The van der Waals surface area contributed by atoms with Crippen LogP contribution in [-0.4, -0.2) is 44.1 Å². The molecule has 1 spiro atoms. The van der Waals surface area contributed by atoms with Gasteiger partial charge in [0.15, 0.2) is 0 Å². The third-order valence-electron chi connectivity index (χ3n) is 4.72. The lowest BCUT2D eigenvalue weighted by Crippen LogP contribution is -2.62. The molecule has 5 nitrogen and oxygen atoms in total. The highest BCUT2D eigenvalue weighted by Crippen LogP contribution is 2.42. The van der Waals surface area contributed by atoms with E-state index in [1.807, 2.05) is 20.8 Å². The number of sulfonamides is 1. The summed E-state index contributed by atoms with van der Waals surface area (Å²) in [5, 5.41) is 0. The minimum absolute atomic E-state index is 0.0636. The van der Waals surface area contributed by atoms with Crippen LogP contribution in [0.4, 0.5) is 0 Å². The Morgan fingerprint density at radius 1 is 1.30 bits per heavy atom. The highest BCUT2D eigenvalue weighted by atomic mass is 32.2. The molecule has 3 rings (SSSR count). The molecule has 2 aliphatic rings. The Balaban J connectivity index is 1.91. The average Bonchev–Trinajstić information content (AvgIpc) is 2.47.